The number of carbonyl (C=O) groups is 1. The average Bonchev–Trinajstić information content (AvgIpc) is 2.01. The van der Waals surface area contributed by atoms with E-state index >= 15 is 0 Å². The normalized spacial score (nSPS) is 10.8. The summed E-state index contributed by atoms with van der Waals surface area (Å²) in [5.74, 6) is -1.50. The Bertz CT molecular complexity index is 376. The molecule has 0 spiro atoms. The van der Waals surface area contributed by atoms with Crippen molar-refractivity contribution in [2.75, 3.05) is 0 Å². The summed E-state index contributed by atoms with van der Waals surface area (Å²) >= 11 is 5.73. The van der Waals surface area contributed by atoms with Gasteiger partial charge in [0.25, 0.3) is 0 Å². The molecule has 14 heavy (non-hydrogen) atoms. The van der Waals surface area contributed by atoms with Crippen molar-refractivity contribution in [3.05, 3.63) is 40.2 Å². The first-order valence-electron chi connectivity index (χ1n) is 3.87. The van der Waals surface area contributed by atoms with Gasteiger partial charge in [-0.2, -0.15) is 0 Å². The molecular weight excluding hydrogens is 207 g/mol. The van der Waals surface area contributed by atoms with Crippen molar-refractivity contribution in [2.24, 2.45) is 0 Å². The molecule has 1 N–H and O–H groups in total. The number of carboxylic acid groups (broad SMARTS) is 1. The molecule has 0 atom stereocenters. The third-order valence-electron chi connectivity index (χ3n) is 1.69. The highest BCUT2D eigenvalue weighted by molar-refractivity contribution is 6.32. The number of carboxylic acids is 1. The summed E-state index contributed by atoms with van der Waals surface area (Å²) in [5, 5.41) is 8.62. The molecule has 0 saturated carbocycles. The summed E-state index contributed by atoms with van der Waals surface area (Å²) in [7, 11) is 0. The van der Waals surface area contributed by atoms with E-state index in [0.717, 1.165) is 12.1 Å². The Morgan fingerprint density at radius 3 is 2.71 bits per heavy atom. The number of benzene rings is 1. The van der Waals surface area contributed by atoms with Crippen molar-refractivity contribution in [3.63, 3.8) is 0 Å². The monoisotopic (exact) mass is 214 g/mol. The summed E-state index contributed by atoms with van der Waals surface area (Å²) in [6, 6.07) is 2.45. The smallest absolute Gasteiger partial charge is 0.328 e. The van der Waals surface area contributed by atoms with Gasteiger partial charge in [-0.1, -0.05) is 11.6 Å². The molecule has 1 rings (SSSR count). The lowest BCUT2D eigenvalue weighted by Crippen LogP contribution is -1.89. The SMILES string of the molecule is Cc1cc(F)cc(Cl)c1/C=C/C(=O)O. The molecule has 0 aliphatic heterocycles. The van der Waals surface area contributed by atoms with Gasteiger partial charge < -0.3 is 5.11 Å². The zero-order chi connectivity index (χ0) is 10.7. The third-order valence-corrected chi connectivity index (χ3v) is 2.01. The molecule has 2 nitrogen and oxygen atoms in total. The second kappa shape index (κ2) is 4.24. The number of aryl methyl sites for hydroxylation is 1. The molecule has 0 saturated heterocycles. The Balaban J connectivity index is 3.15. The molecule has 0 aliphatic carbocycles. The first-order valence-corrected chi connectivity index (χ1v) is 4.25. The average molecular weight is 215 g/mol. The Labute approximate surface area is 85.6 Å². The van der Waals surface area contributed by atoms with Crippen molar-refractivity contribution in [1.29, 1.82) is 0 Å². The van der Waals surface area contributed by atoms with Gasteiger partial charge in [0.15, 0.2) is 0 Å². The van der Waals surface area contributed by atoms with E-state index in [9.17, 15) is 9.18 Å². The minimum Gasteiger partial charge on any atom is -0.478 e. The van der Waals surface area contributed by atoms with Crippen LogP contribution in [0.5, 0.6) is 0 Å². The van der Waals surface area contributed by atoms with Gasteiger partial charge in [-0.05, 0) is 36.3 Å². The maximum atomic E-state index is 12.8. The Morgan fingerprint density at radius 1 is 1.57 bits per heavy atom. The zero-order valence-corrected chi connectivity index (χ0v) is 8.18. The zero-order valence-electron chi connectivity index (χ0n) is 7.42. The van der Waals surface area contributed by atoms with E-state index in [-0.39, 0.29) is 5.02 Å². The molecule has 0 aromatic heterocycles. The summed E-state index contributed by atoms with van der Waals surface area (Å²) in [6.07, 6.45) is 2.31. The van der Waals surface area contributed by atoms with Gasteiger partial charge in [0.05, 0.1) is 5.02 Å². The van der Waals surface area contributed by atoms with Crippen molar-refractivity contribution in [3.8, 4) is 0 Å². The Hall–Kier alpha value is -1.35. The van der Waals surface area contributed by atoms with Crippen LogP contribution in [-0.4, -0.2) is 11.1 Å². The van der Waals surface area contributed by atoms with E-state index in [0.29, 0.717) is 11.1 Å². The molecule has 1 aromatic rings. The van der Waals surface area contributed by atoms with Crippen molar-refractivity contribution < 1.29 is 14.3 Å². The van der Waals surface area contributed by atoms with E-state index in [1.165, 1.54) is 12.1 Å². The first kappa shape index (κ1) is 10.7. The van der Waals surface area contributed by atoms with E-state index in [4.69, 9.17) is 16.7 Å². The highest BCUT2D eigenvalue weighted by atomic mass is 35.5. The fourth-order valence-electron chi connectivity index (χ4n) is 1.08. The van der Waals surface area contributed by atoms with Crippen LogP contribution in [0.1, 0.15) is 11.1 Å². The molecule has 0 bridgehead atoms. The molecule has 0 radical (unpaired) electrons. The molecular formula is C10H8ClFO2. The van der Waals surface area contributed by atoms with E-state index in [1.807, 2.05) is 0 Å². The van der Waals surface area contributed by atoms with Crippen LogP contribution in [-0.2, 0) is 4.79 Å². The van der Waals surface area contributed by atoms with E-state index < -0.39 is 11.8 Å². The Morgan fingerprint density at radius 2 is 2.21 bits per heavy atom. The van der Waals surface area contributed by atoms with Crippen molar-refractivity contribution in [1.82, 2.24) is 0 Å². The van der Waals surface area contributed by atoms with Gasteiger partial charge in [-0.3, -0.25) is 0 Å². The molecule has 0 amide bonds. The first-order chi connectivity index (χ1) is 6.50. The van der Waals surface area contributed by atoms with Crippen LogP contribution in [0.4, 0.5) is 4.39 Å². The number of aliphatic carboxylic acids is 1. The second-order valence-electron chi connectivity index (χ2n) is 2.79. The minimum absolute atomic E-state index is 0.208. The van der Waals surface area contributed by atoms with E-state index in [1.54, 1.807) is 6.92 Å². The van der Waals surface area contributed by atoms with Gasteiger partial charge >= 0.3 is 5.97 Å². The van der Waals surface area contributed by atoms with Crippen LogP contribution in [0.15, 0.2) is 18.2 Å². The molecule has 0 unspecified atom stereocenters. The summed E-state index contributed by atoms with van der Waals surface area (Å²) in [6.45, 7) is 1.66. The number of rotatable bonds is 2. The largest absolute Gasteiger partial charge is 0.478 e. The summed E-state index contributed by atoms with van der Waals surface area (Å²) < 4.78 is 12.8. The lowest BCUT2D eigenvalue weighted by molar-refractivity contribution is -0.131. The fraction of sp³-hybridized carbons (Fsp3) is 0.100. The van der Waals surface area contributed by atoms with Gasteiger partial charge in [0.1, 0.15) is 5.82 Å². The van der Waals surface area contributed by atoms with Crippen LogP contribution >= 0.6 is 11.6 Å². The number of hydrogen-bond donors (Lipinski definition) is 1. The van der Waals surface area contributed by atoms with Gasteiger partial charge in [-0.15, -0.1) is 0 Å². The molecule has 0 aliphatic rings. The summed E-state index contributed by atoms with van der Waals surface area (Å²) in [4.78, 5) is 10.3. The van der Waals surface area contributed by atoms with Crippen LogP contribution in [0.3, 0.4) is 0 Å². The summed E-state index contributed by atoms with van der Waals surface area (Å²) in [5.41, 5.74) is 1.13. The fourth-order valence-corrected chi connectivity index (χ4v) is 1.40. The third kappa shape index (κ3) is 2.57. The van der Waals surface area contributed by atoms with Gasteiger partial charge in [-0.25, -0.2) is 9.18 Å². The maximum Gasteiger partial charge on any atom is 0.328 e. The highest BCUT2D eigenvalue weighted by Gasteiger charge is 2.03. The molecule has 74 valence electrons. The van der Waals surface area contributed by atoms with Crippen molar-refractivity contribution >= 4 is 23.6 Å². The van der Waals surface area contributed by atoms with Gasteiger partial charge in [0, 0.05) is 6.08 Å². The van der Waals surface area contributed by atoms with Crippen molar-refractivity contribution in [2.45, 2.75) is 6.92 Å². The lowest BCUT2D eigenvalue weighted by atomic mass is 10.1. The van der Waals surface area contributed by atoms with Gasteiger partial charge in [0.2, 0.25) is 0 Å². The second-order valence-corrected chi connectivity index (χ2v) is 3.20. The maximum absolute atomic E-state index is 12.8. The number of halogens is 2. The van der Waals surface area contributed by atoms with Crippen LogP contribution in [0.2, 0.25) is 5.02 Å². The van der Waals surface area contributed by atoms with Crippen LogP contribution in [0, 0.1) is 12.7 Å². The van der Waals surface area contributed by atoms with E-state index in [2.05, 4.69) is 0 Å². The quantitative estimate of drug-likeness (QED) is 0.769. The molecule has 1 aromatic carbocycles. The topological polar surface area (TPSA) is 37.3 Å². The Kier molecular flexibility index (Phi) is 3.25. The minimum atomic E-state index is -1.07. The van der Waals surface area contributed by atoms with Crippen LogP contribution in [0.25, 0.3) is 6.08 Å². The molecule has 0 heterocycles. The standard InChI is InChI=1S/C10H8ClFO2/c1-6-4-7(12)5-9(11)8(6)2-3-10(13)14/h2-5H,1H3,(H,13,14)/b3-2+. The highest BCUT2D eigenvalue weighted by Crippen LogP contribution is 2.22. The predicted molar refractivity (Wildman–Crippen MR) is 52.8 cm³/mol. The van der Waals surface area contributed by atoms with Crippen LogP contribution < -0.4 is 0 Å². The number of hydrogen-bond acceptors (Lipinski definition) is 1. The lowest BCUT2D eigenvalue weighted by Gasteiger charge is -2.02. The predicted octanol–water partition coefficient (Wildman–Crippen LogP) is 2.89. The molecule has 0 fully saturated rings. The molecule has 4 heteroatoms.